The summed E-state index contributed by atoms with van der Waals surface area (Å²) in [5.74, 6) is -3.31. The molecule has 1 aliphatic heterocycles. The topological polar surface area (TPSA) is 105 Å². The number of aliphatic hydroxyl groups excluding tert-OH is 1. The SMILES string of the molecule is CNc1cccc(Cc2ccc([C@@H]3O[C@@H]4C[C@H]5[C@@H]6C[C@H](F)C7=CC(=O)C=C[C@]7(C)[C@@]6(F)[C@@H](O)C[C@]5(C)[C@]4(C(=O)O)O3)cc2)c1. The molecule has 7 nitrogen and oxygen atoms in total. The number of aliphatic carboxylic acids is 1. The number of carboxylic acid groups (broad SMARTS) is 1. The average molecular weight is 606 g/mol. The number of ether oxygens (including phenoxy) is 2. The van der Waals surface area contributed by atoms with Crippen molar-refractivity contribution in [3.63, 3.8) is 0 Å². The Labute approximate surface area is 254 Å². The summed E-state index contributed by atoms with van der Waals surface area (Å²) in [6, 6.07) is 15.8. The zero-order valence-corrected chi connectivity index (χ0v) is 24.9. The molecule has 10 atom stereocenters. The van der Waals surface area contributed by atoms with E-state index in [1.807, 2.05) is 43.4 Å². The van der Waals surface area contributed by atoms with E-state index in [4.69, 9.17) is 9.47 Å². The summed E-state index contributed by atoms with van der Waals surface area (Å²) in [4.78, 5) is 25.3. The van der Waals surface area contributed by atoms with Gasteiger partial charge in [0.25, 0.3) is 0 Å². The van der Waals surface area contributed by atoms with Crippen molar-refractivity contribution in [3.05, 3.63) is 89.0 Å². The van der Waals surface area contributed by atoms with Crippen LogP contribution in [0.2, 0.25) is 0 Å². The van der Waals surface area contributed by atoms with Crippen molar-refractivity contribution in [1.29, 1.82) is 0 Å². The summed E-state index contributed by atoms with van der Waals surface area (Å²) < 4.78 is 45.9. The Hall–Kier alpha value is -3.40. The molecule has 3 saturated carbocycles. The Kier molecular flexibility index (Phi) is 6.53. The van der Waals surface area contributed by atoms with Crippen LogP contribution in [0.25, 0.3) is 0 Å². The number of carboxylic acids is 1. The first-order chi connectivity index (χ1) is 20.9. The first kappa shape index (κ1) is 29.3. The molecule has 9 heteroatoms. The Bertz CT molecular complexity index is 1590. The van der Waals surface area contributed by atoms with Gasteiger partial charge in [-0.3, -0.25) is 4.79 Å². The van der Waals surface area contributed by atoms with Gasteiger partial charge in [-0.1, -0.05) is 49.4 Å². The summed E-state index contributed by atoms with van der Waals surface area (Å²) in [6.07, 6.45) is -0.988. The number of ketones is 1. The monoisotopic (exact) mass is 605 g/mol. The maximum Gasteiger partial charge on any atom is 0.339 e. The lowest BCUT2D eigenvalue weighted by molar-refractivity contribution is -0.240. The summed E-state index contributed by atoms with van der Waals surface area (Å²) in [7, 11) is 1.87. The third-order valence-corrected chi connectivity index (χ3v) is 11.6. The summed E-state index contributed by atoms with van der Waals surface area (Å²) in [6.45, 7) is 3.24. The van der Waals surface area contributed by atoms with E-state index in [1.165, 1.54) is 19.1 Å². The minimum absolute atomic E-state index is 0.0308. The first-order valence-corrected chi connectivity index (χ1v) is 15.3. The maximum atomic E-state index is 17.5. The van der Waals surface area contributed by atoms with Crippen LogP contribution in [0.5, 0.6) is 0 Å². The Balaban J connectivity index is 1.18. The molecule has 5 aliphatic rings. The maximum absolute atomic E-state index is 17.5. The molecular formula is C35H37F2NO6. The van der Waals surface area contributed by atoms with Gasteiger partial charge >= 0.3 is 5.97 Å². The van der Waals surface area contributed by atoms with E-state index in [0.717, 1.165) is 22.9 Å². The van der Waals surface area contributed by atoms with E-state index in [-0.39, 0.29) is 24.8 Å². The highest BCUT2D eigenvalue weighted by atomic mass is 19.1. The molecule has 2 aromatic carbocycles. The number of hydrogen-bond donors (Lipinski definition) is 3. The number of halogens is 2. The lowest BCUT2D eigenvalue weighted by atomic mass is 9.44. The molecule has 44 heavy (non-hydrogen) atoms. The molecule has 1 saturated heterocycles. The van der Waals surface area contributed by atoms with Gasteiger partial charge in [0.2, 0.25) is 0 Å². The standard InChI is InChI=1S/C35H37F2NO6/c1-32-12-11-23(39)15-26(32)27(36)16-25-24-17-29-35(31(41)42,33(24,2)18-28(40)34(25,32)37)44-30(43-29)21-9-7-19(8-10-21)13-20-5-4-6-22(14-20)38-3/h4-12,14-15,24-25,27-30,38,40H,13,16-18H2,1-3H3,(H,41,42)/t24-,25-,27-,28-,29+,30+,32-,33-,34-,35-/m0/s1. The van der Waals surface area contributed by atoms with Gasteiger partial charge in [0.15, 0.2) is 23.3 Å². The third-order valence-electron chi connectivity index (χ3n) is 11.6. The highest BCUT2D eigenvalue weighted by molar-refractivity contribution is 6.01. The Morgan fingerprint density at radius 1 is 1.09 bits per heavy atom. The molecule has 1 heterocycles. The van der Waals surface area contributed by atoms with E-state index >= 15 is 8.78 Å². The number of carbonyl (C=O) groups excluding carboxylic acids is 1. The second-order valence-electron chi connectivity index (χ2n) is 13.6. The normalized spacial score (nSPS) is 42.1. The Morgan fingerprint density at radius 2 is 1.84 bits per heavy atom. The molecule has 4 aliphatic carbocycles. The minimum Gasteiger partial charge on any atom is -0.479 e. The molecule has 3 N–H and O–H groups in total. The smallest absolute Gasteiger partial charge is 0.339 e. The number of benzene rings is 2. The fourth-order valence-electron chi connectivity index (χ4n) is 9.33. The van der Waals surface area contributed by atoms with Crippen LogP contribution in [0.15, 0.2) is 72.3 Å². The van der Waals surface area contributed by atoms with Crippen LogP contribution in [-0.2, 0) is 25.5 Å². The van der Waals surface area contributed by atoms with Crippen LogP contribution < -0.4 is 5.32 Å². The number of rotatable bonds is 5. The van der Waals surface area contributed by atoms with Crippen LogP contribution >= 0.6 is 0 Å². The molecule has 2 aromatic rings. The molecule has 232 valence electrons. The van der Waals surface area contributed by atoms with Crippen molar-refractivity contribution in [2.75, 3.05) is 12.4 Å². The highest BCUT2D eigenvalue weighted by Crippen LogP contribution is 2.72. The molecule has 0 bridgehead atoms. The predicted molar refractivity (Wildman–Crippen MR) is 158 cm³/mol. The minimum atomic E-state index is -2.30. The summed E-state index contributed by atoms with van der Waals surface area (Å²) in [5, 5.41) is 25.5. The van der Waals surface area contributed by atoms with Crippen molar-refractivity contribution in [1.82, 2.24) is 0 Å². The number of fused-ring (bicyclic) bond motifs is 7. The molecule has 4 fully saturated rings. The molecule has 0 radical (unpaired) electrons. The van der Waals surface area contributed by atoms with Gasteiger partial charge in [0.1, 0.15) is 12.3 Å². The molecule has 7 rings (SSSR count). The van der Waals surface area contributed by atoms with Gasteiger partial charge in [-0.25, -0.2) is 13.6 Å². The van der Waals surface area contributed by atoms with Crippen molar-refractivity contribution in [3.8, 4) is 0 Å². The molecular weight excluding hydrogens is 568 g/mol. The summed E-state index contributed by atoms with van der Waals surface area (Å²) in [5.41, 5.74) is -3.04. The lowest BCUT2D eigenvalue weighted by Gasteiger charge is -2.62. The predicted octanol–water partition coefficient (Wildman–Crippen LogP) is 5.49. The zero-order valence-electron chi connectivity index (χ0n) is 24.9. The van der Waals surface area contributed by atoms with Crippen molar-refractivity contribution in [2.24, 2.45) is 22.7 Å². The fraction of sp³-hybridized carbons (Fsp3) is 0.486. The second-order valence-corrected chi connectivity index (χ2v) is 13.6. The average Bonchev–Trinajstić information content (AvgIpc) is 3.50. The molecule has 0 amide bonds. The molecule has 0 unspecified atom stereocenters. The number of nitrogens with one attached hydrogen (secondary N) is 1. The number of hydrogen-bond acceptors (Lipinski definition) is 6. The summed E-state index contributed by atoms with van der Waals surface area (Å²) >= 11 is 0. The lowest BCUT2D eigenvalue weighted by Crippen LogP contribution is -2.70. The van der Waals surface area contributed by atoms with Crippen LogP contribution in [-0.4, -0.2) is 58.7 Å². The fourth-order valence-corrected chi connectivity index (χ4v) is 9.33. The largest absolute Gasteiger partial charge is 0.479 e. The van der Waals surface area contributed by atoms with Crippen molar-refractivity contribution < 1.29 is 38.1 Å². The number of allylic oxidation sites excluding steroid dienone is 4. The van der Waals surface area contributed by atoms with Crippen LogP contribution in [0.4, 0.5) is 14.5 Å². The van der Waals surface area contributed by atoms with Gasteiger partial charge in [0.05, 0.1) is 6.10 Å². The highest BCUT2D eigenvalue weighted by Gasteiger charge is 2.80. The molecule has 0 spiro atoms. The number of alkyl halides is 2. The van der Waals surface area contributed by atoms with Gasteiger partial charge in [0, 0.05) is 35.0 Å². The van der Waals surface area contributed by atoms with E-state index in [9.17, 15) is 19.8 Å². The number of aliphatic hydroxyl groups is 1. The van der Waals surface area contributed by atoms with Crippen LogP contribution in [0.3, 0.4) is 0 Å². The second kappa shape index (κ2) is 9.80. The van der Waals surface area contributed by atoms with E-state index in [0.29, 0.717) is 12.0 Å². The number of anilines is 1. The van der Waals surface area contributed by atoms with Crippen LogP contribution in [0, 0.1) is 22.7 Å². The van der Waals surface area contributed by atoms with E-state index < -0.39 is 70.4 Å². The van der Waals surface area contributed by atoms with Gasteiger partial charge in [-0.15, -0.1) is 0 Å². The van der Waals surface area contributed by atoms with Gasteiger partial charge in [-0.2, -0.15) is 0 Å². The number of carbonyl (C=O) groups is 2. The van der Waals surface area contributed by atoms with E-state index in [1.54, 1.807) is 6.92 Å². The van der Waals surface area contributed by atoms with Gasteiger partial charge in [-0.05, 0) is 79.5 Å². The van der Waals surface area contributed by atoms with Crippen molar-refractivity contribution >= 4 is 17.4 Å². The van der Waals surface area contributed by atoms with Crippen LogP contribution in [0.1, 0.15) is 56.1 Å². The Morgan fingerprint density at radius 3 is 2.55 bits per heavy atom. The quantitative estimate of drug-likeness (QED) is 0.414. The first-order valence-electron chi connectivity index (χ1n) is 15.3. The zero-order chi connectivity index (χ0) is 31.2. The molecule has 0 aromatic heterocycles. The van der Waals surface area contributed by atoms with Gasteiger partial charge < -0.3 is 25.0 Å². The third kappa shape index (κ3) is 3.75. The van der Waals surface area contributed by atoms with Crippen molar-refractivity contribution in [2.45, 2.75) is 75.5 Å². The van der Waals surface area contributed by atoms with E-state index in [2.05, 4.69) is 17.4 Å².